The summed E-state index contributed by atoms with van der Waals surface area (Å²) in [7, 11) is 0. The number of rotatable bonds is 4. The van der Waals surface area contributed by atoms with Gasteiger partial charge in [0.05, 0.1) is 12.1 Å². The number of pyridine rings is 1. The van der Waals surface area contributed by atoms with Crippen molar-refractivity contribution in [1.29, 1.82) is 0 Å². The standard InChI is InChI=1S/C21H18Cl2N2O2/c1-13-7-14(2)9-18(8-13)24-21(27)16-4-6-20(26)25(12-16)11-15-3-5-17(22)10-19(15)23/h3-10,12H,11H2,1-2H3,(H,24,27). The SMILES string of the molecule is Cc1cc(C)cc(NC(=O)c2ccc(=O)n(Cc3ccc(Cl)cc3Cl)c2)c1. The highest BCUT2D eigenvalue weighted by molar-refractivity contribution is 6.35. The van der Waals surface area contributed by atoms with Gasteiger partial charge >= 0.3 is 0 Å². The number of aromatic nitrogens is 1. The van der Waals surface area contributed by atoms with Crippen molar-refractivity contribution >= 4 is 34.8 Å². The molecule has 27 heavy (non-hydrogen) atoms. The normalized spacial score (nSPS) is 10.7. The minimum atomic E-state index is -0.282. The van der Waals surface area contributed by atoms with E-state index in [9.17, 15) is 9.59 Å². The van der Waals surface area contributed by atoms with E-state index < -0.39 is 0 Å². The van der Waals surface area contributed by atoms with E-state index in [1.54, 1.807) is 18.2 Å². The van der Waals surface area contributed by atoms with Crippen LogP contribution < -0.4 is 10.9 Å². The number of carbonyl (C=O) groups is 1. The minimum absolute atomic E-state index is 0.219. The zero-order valence-corrected chi connectivity index (χ0v) is 16.4. The van der Waals surface area contributed by atoms with Crippen molar-refractivity contribution in [3.8, 4) is 0 Å². The van der Waals surface area contributed by atoms with Gasteiger partial charge in [-0.3, -0.25) is 9.59 Å². The molecule has 1 heterocycles. The third kappa shape index (κ3) is 4.79. The van der Waals surface area contributed by atoms with E-state index in [1.165, 1.54) is 22.9 Å². The predicted octanol–water partition coefficient (Wildman–Crippen LogP) is 5.07. The van der Waals surface area contributed by atoms with Crippen molar-refractivity contribution in [1.82, 2.24) is 4.57 Å². The molecular formula is C21H18Cl2N2O2. The fraction of sp³-hybridized carbons (Fsp3) is 0.143. The van der Waals surface area contributed by atoms with Gasteiger partial charge in [-0.2, -0.15) is 0 Å². The van der Waals surface area contributed by atoms with Gasteiger partial charge in [0, 0.05) is 28.0 Å². The fourth-order valence-corrected chi connectivity index (χ4v) is 3.34. The zero-order chi connectivity index (χ0) is 19.6. The Hall–Kier alpha value is -2.56. The van der Waals surface area contributed by atoms with Gasteiger partial charge in [-0.15, -0.1) is 0 Å². The van der Waals surface area contributed by atoms with Crippen LogP contribution in [0.25, 0.3) is 0 Å². The van der Waals surface area contributed by atoms with Crippen molar-refractivity contribution in [2.75, 3.05) is 5.32 Å². The lowest BCUT2D eigenvalue weighted by molar-refractivity contribution is 0.102. The smallest absolute Gasteiger partial charge is 0.257 e. The summed E-state index contributed by atoms with van der Waals surface area (Å²) in [6.07, 6.45) is 1.53. The van der Waals surface area contributed by atoms with Crippen molar-refractivity contribution in [3.63, 3.8) is 0 Å². The number of hydrogen-bond donors (Lipinski definition) is 1. The number of benzene rings is 2. The molecule has 6 heteroatoms. The molecule has 0 atom stereocenters. The first-order valence-corrected chi connectivity index (χ1v) is 9.11. The Morgan fingerprint density at radius 3 is 2.37 bits per heavy atom. The van der Waals surface area contributed by atoms with Crippen LogP contribution in [0, 0.1) is 13.8 Å². The molecule has 0 saturated heterocycles. The molecule has 0 saturated carbocycles. The van der Waals surface area contributed by atoms with Crippen LogP contribution in [0.3, 0.4) is 0 Å². The predicted molar refractivity (Wildman–Crippen MR) is 110 cm³/mol. The largest absolute Gasteiger partial charge is 0.322 e. The summed E-state index contributed by atoms with van der Waals surface area (Å²) < 4.78 is 1.45. The van der Waals surface area contributed by atoms with Crippen LogP contribution >= 0.6 is 23.2 Å². The first-order chi connectivity index (χ1) is 12.8. The van der Waals surface area contributed by atoms with E-state index in [4.69, 9.17) is 23.2 Å². The highest BCUT2D eigenvalue weighted by Gasteiger charge is 2.10. The quantitative estimate of drug-likeness (QED) is 0.664. The number of aryl methyl sites for hydroxylation is 2. The Bertz CT molecular complexity index is 1050. The molecule has 4 nitrogen and oxygen atoms in total. The number of nitrogens with zero attached hydrogens (tertiary/aromatic N) is 1. The third-order valence-electron chi connectivity index (χ3n) is 4.08. The molecule has 0 aliphatic carbocycles. The number of carbonyl (C=O) groups excluding carboxylic acids is 1. The Morgan fingerprint density at radius 2 is 1.70 bits per heavy atom. The first-order valence-electron chi connectivity index (χ1n) is 8.36. The topological polar surface area (TPSA) is 51.1 Å². The molecule has 0 radical (unpaired) electrons. The molecule has 0 spiro atoms. The average Bonchev–Trinajstić information content (AvgIpc) is 2.58. The van der Waals surface area contributed by atoms with Gasteiger partial charge in [0.1, 0.15) is 0 Å². The Balaban J connectivity index is 1.86. The van der Waals surface area contributed by atoms with E-state index in [0.29, 0.717) is 15.6 Å². The van der Waals surface area contributed by atoms with Crippen LogP contribution in [0.5, 0.6) is 0 Å². The Kier molecular flexibility index (Phi) is 5.68. The number of hydrogen-bond acceptors (Lipinski definition) is 2. The maximum Gasteiger partial charge on any atom is 0.257 e. The van der Waals surface area contributed by atoms with Gasteiger partial charge < -0.3 is 9.88 Å². The highest BCUT2D eigenvalue weighted by atomic mass is 35.5. The van der Waals surface area contributed by atoms with Gasteiger partial charge in [0.2, 0.25) is 0 Å². The van der Waals surface area contributed by atoms with Gasteiger partial charge in [0.25, 0.3) is 11.5 Å². The lowest BCUT2D eigenvalue weighted by atomic mass is 10.1. The maximum atomic E-state index is 12.6. The molecule has 1 amide bonds. The van der Waals surface area contributed by atoms with E-state index in [0.717, 1.165) is 22.4 Å². The Morgan fingerprint density at radius 1 is 1.00 bits per heavy atom. The molecule has 0 aliphatic heterocycles. The summed E-state index contributed by atoms with van der Waals surface area (Å²) in [5.74, 6) is -0.282. The van der Waals surface area contributed by atoms with E-state index in [2.05, 4.69) is 5.32 Å². The molecule has 0 fully saturated rings. The van der Waals surface area contributed by atoms with Gasteiger partial charge in [0.15, 0.2) is 0 Å². The lowest BCUT2D eigenvalue weighted by Gasteiger charge is -2.11. The zero-order valence-electron chi connectivity index (χ0n) is 14.9. The van der Waals surface area contributed by atoms with E-state index >= 15 is 0 Å². The molecule has 3 aromatic rings. The molecule has 0 bridgehead atoms. The Labute approximate surface area is 167 Å². The first kappa shape index (κ1) is 19.2. The average molecular weight is 401 g/mol. The monoisotopic (exact) mass is 400 g/mol. The number of halogens is 2. The van der Waals surface area contributed by atoms with E-state index in [-0.39, 0.29) is 18.0 Å². The van der Waals surface area contributed by atoms with Crippen LogP contribution in [0.15, 0.2) is 59.5 Å². The summed E-state index contributed by atoms with van der Waals surface area (Å²) in [5, 5.41) is 3.87. The second kappa shape index (κ2) is 7.99. The molecule has 0 aliphatic rings. The molecule has 2 aromatic carbocycles. The van der Waals surface area contributed by atoms with Crippen LogP contribution in [-0.4, -0.2) is 10.5 Å². The van der Waals surface area contributed by atoms with Crippen molar-refractivity contribution in [3.05, 3.63) is 97.4 Å². The van der Waals surface area contributed by atoms with Crippen molar-refractivity contribution < 1.29 is 4.79 Å². The second-order valence-electron chi connectivity index (χ2n) is 6.45. The molecule has 1 N–H and O–H groups in total. The summed E-state index contributed by atoms with van der Waals surface area (Å²) >= 11 is 12.1. The minimum Gasteiger partial charge on any atom is -0.322 e. The third-order valence-corrected chi connectivity index (χ3v) is 4.67. The molecular weight excluding hydrogens is 383 g/mol. The summed E-state index contributed by atoms with van der Waals surface area (Å²) in [6, 6.07) is 13.8. The van der Waals surface area contributed by atoms with Crippen LogP contribution in [0.4, 0.5) is 5.69 Å². The summed E-state index contributed by atoms with van der Waals surface area (Å²) in [5.41, 5.74) is 3.76. The van der Waals surface area contributed by atoms with Crippen LogP contribution in [-0.2, 0) is 6.54 Å². The number of amides is 1. The summed E-state index contributed by atoms with van der Waals surface area (Å²) in [6.45, 7) is 4.19. The van der Waals surface area contributed by atoms with Crippen LogP contribution in [0.2, 0.25) is 10.0 Å². The number of nitrogens with one attached hydrogen (secondary N) is 1. The van der Waals surface area contributed by atoms with Gasteiger partial charge in [-0.1, -0.05) is 35.3 Å². The van der Waals surface area contributed by atoms with Crippen molar-refractivity contribution in [2.24, 2.45) is 0 Å². The number of anilines is 1. The highest BCUT2D eigenvalue weighted by Crippen LogP contribution is 2.21. The summed E-state index contributed by atoms with van der Waals surface area (Å²) in [4.78, 5) is 24.8. The van der Waals surface area contributed by atoms with Crippen molar-refractivity contribution in [2.45, 2.75) is 20.4 Å². The molecule has 1 aromatic heterocycles. The van der Waals surface area contributed by atoms with Gasteiger partial charge in [-0.25, -0.2) is 0 Å². The molecule has 0 unspecified atom stereocenters. The maximum absolute atomic E-state index is 12.6. The molecule has 3 rings (SSSR count). The lowest BCUT2D eigenvalue weighted by Crippen LogP contribution is -2.22. The van der Waals surface area contributed by atoms with Crippen LogP contribution in [0.1, 0.15) is 27.0 Å². The second-order valence-corrected chi connectivity index (χ2v) is 7.29. The fourth-order valence-electron chi connectivity index (χ4n) is 2.87. The van der Waals surface area contributed by atoms with E-state index in [1.807, 2.05) is 32.0 Å². The van der Waals surface area contributed by atoms with Gasteiger partial charge in [-0.05, 0) is 60.9 Å². The molecule has 138 valence electrons.